The van der Waals surface area contributed by atoms with Crippen LogP contribution in [0.25, 0.3) is 5.69 Å². The number of rotatable bonds is 7. The van der Waals surface area contributed by atoms with Crippen LogP contribution in [0, 0.1) is 5.82 Å². The molecule has 13 heteroatoms. The summed E-state index contributed by atoms with van der Waals surface area (Å²) in [6, 6.07) is 6.88. The average Bonchev–Trinajstić information content (AvgIpc) is 3.04. The molecule has 33 heavy (non-hydrogen) atoms. The quantitative estimate of drug-likeness (QED) is 0.504. The van der Waals surface area contributed by atoms with Gasteiger partial charge < -0.3 is 14.6 Å². The highest BCUT2D eigenvalue weighted by molar-refractivity contribution is 6.32. The molecular formula is C20H16ClF4N3O5. The fraction of sp³-hybridized carbons (Fsp3) is 0.250. The van der Waals surface area contributed by atoms with Crippen LogP contribution in [0.1, 0.15) is 19.4 Å². The Morgan fingerprint density at radius 1 is 1.15 bits per heavy atom. The van der Waals surface area contributed by atoms with E-state index >= 15 is 0 Å². The average molecular weight is 490 g/mol. The van der Waals surface area contributed by atoms with Gasteiger partial charge in [-0.15, -0.1) is 13.2 Å². The van der Waals surface area contributed by atoms with E-state index in [-0.39, 0.29) is 22.8 Å². The Morgan fingerprint density at radius 2 is 1.79 bits per heavy atom. The maximum atomic E-state index is 14.5. The molecule has 0 aliphatic carbocycles. The zero-order valence-electron chi connectivity index (χ0n) is 17.1. The number of hydrogen-bond donors (Lipinski definition) is 1. The van der Waals surface area contributed by atoms with Crippen LogP contribution in [0.3, 0.4) is 0 Å². The lowest BCUT2D eigenvalue weighted by molar-refractivity contribution is -0.274. The molecule has 0 spiro atoms. The predicted molar refractivity (Wildman–Crippen MR) is 107 cm³/mol. The summed E-state index contributed by atoms with van der Waals surface area (Å²) in [5.41, 5.74) is -1.92. The Kier molecular flexibility index (Phi) is 6.41. The summed E-state index contributed by atoms with van der Waals surface area (Å²) in [5, 5.41) is 12.8. The molecule has 0 radical (unpaired) electrons. The second-order valence-corrected chi connectivity index (χ2v) is 7.70. The molecule has 2 aromatic carbocycles. The lowest BCUT2D eigenvalue weighted by Crippen LogP contribution is -2.38. The lowest BCUT2D eigenvalue weighted by Gasteiger charge is -2.22. The van der Waals surface area contributed by atoms with Crippen LogP contribution in [0.2, 0.25) is 5.02 Å². The van der Waals surface area contributed by atoms with Crippen molar-refractivity contribution in [1.29, 1.82) is 0 Å². The summed E-state index contributed by atoms with van der Waals surface area (Å²) in [5.74, 6) is -3.16. The van der Waals surface area contributed by atoms with Crippen LogP contribution in [0.4, 0.5) is 17.6 Å². The summed E-state index contributed by atoms with van der Waals surface area (Å²) in [7, 11) is 0. The van der Waals surface area contributed by atoms with Gasteiger partial charge in [0.25, 0.3) is 0 Å². The van der Waals surface area contributed by atoms with E-state index in [1.165, 1.54) is 32.0 Å². The topological polar surface area (TPSA) is 95.6 Å². The zero-order chi connectivity index (χ0) is 24.6. The first-order chi connectivity index (χ1) is 15.3. The van der Waals surface area contributed by atoms with Crippen molar-refractivity contribution in [2.24, 2.45) is 0 Å². The second kappa shape index (κ2) is 8.77. The third-order valence-electron chi connectivity index (χ3n) is 4.34. The first-order valence-corrected chi connectivity index (χ1v) is 9.55. The number of halogens is 5. The molecule has 176 valence electrons. The van der Waals surface area contributed by atoms with Crippen LogP contribution in [-0.2, 0) is 11.3 Å². The van der Waals surface area contributed by atoms with Gasteiger partial charge in [0.1, 0.15) is 12.1 Å². The maximum absolute atomic E-state index is 14.5. The normalized spacial score (nSPS) is 12.0. The Bertz CT molecular complexity index is 1210. The molecule has 1 aromatic heterocycles. The summed E-state index contributed by atoms with van der Waals surface area (Å²) in [6.45, 7) is 2.26. The van der Waals surface area contributed by atoms with Gasteiger partial charge in [-0.1, -0.05) is 11.6 Å². The van der Waals surface area contributed by atoms with Crippen molar-refractivity contribution in [3.63, 3.8) is 0 Å². The van der Waals surface area contributed by atoms with E-state index < -0.39 is 40.9 Å². The van der Waals surface area contributed by atoms with E-state index in [1.54, 1.807) is 0 Å². The van der Waals surface area contributed by atoms with Crippen LogP contribution in [0.15, 0.2) is 47.5 Å². The molecular weight excluding hydrogens is 474 g/mol. The first-order valence-electron chi connectivity index (χ1n) is 9.18. The van der Waals surface area contributed by atoms with Crippen molar-refractivity contribution in [3.8, 4) is 17.2 Å². The molecule has 8 nitrogen and oxygen atoms in total. The molecule has 0 bridgehead atoms. The molecule has 1 N–H and O–H groups in total. The number of hydrogen-bond acceptors (Lipinski definition) is 5. The van der Waals surface area contributed by atoms with Gasteiger partial charge in [-0.2, -0.15) is 5.10 Å². The van der Waals surface area contributed by atoms with Gasteiger partial charge in [-0.25, -0.2) is 23.2 Å². The van der Waals surface area contributed by atoms with Crippen molar-refractivity contribution in [3.05, 3.63) is 69.6 Å². The number of nitrogens with zero attached hydrogens (tertiary/aromatic N) is 3. The second-order valence-electron chi connectivity index (χ2n) is 7.29. The van der Waals surface area contributed by atoms with E-state index in [9.17, 15) is 27.2 Å². The molecule has 0 amide bonds. The molecule has 3 aromatic rings. The first kappa shape index (κ1) is 24.1. The molecule has 0 atom stereocenters. The number of alkyl halides is 3. The summed E-state index contributed by atoms with van der Waals surface area (Å²) in [6.07, 6.45) is -3.70. The molecule has 0 aliphatic rings. The van der Waals surface area contributed by atoms with E-state index in [0.717, 1.165) is 33.8 Å². The fourth-order valence-electron chi connectivity index (χ4n) is 2.70. The van der Waals surface area contributed by atoms with Crippen LogP contribution in [0.5, 0.6) is 11.5 Å². The Hall–Kier alpha value is -3.54. The number of carboxylic acid groups (broad SMARTS) is 1. The molecule has 0 unspecified atom stereocenters. The van der Waals surface area contributed by atoms with E-state index in [1.807, 2.05) is 0 Å². The number of ether oxygens (including phenoxy) is 2. The number of benzene rings is 2. The van der Waals surface area contributed by atoms with Gasteiger partial charge in [0.15, 0.2) is 17.2 Å². The molecule has 0 saturated carbocycles. The number of carboxylic acids is 1. The van der Waals surface area contributed by atoms with Crippen molar-refractivity contribution in [2.75, 3.05) is 0 Å². The van der Waals surface area contributed by atoms with E-state index in [0.29, 0.717) is 0 Å². The van der Waals surface area contributed by atoms with E-state index in [4.69, 9.17) is 21.4 Å². The highest BCUT2D eigenvalue weighted by Gasteiger charge is 2.32. The van der Waals surface area contributed by atoms with Gasteiger partial charge >= 0.3 is 18.0 Å². The molecule has 0 fully saturated rings. The molecule has 1 heterocycles. The summed E-state index contributed by atoms with van der Waals surface area (Å²) >= 11 is 6.05. The van der Waals surface area contributed by atoms with Crippen molar-refractivity contribution >= 4 is 17.6 Å². The third kappa shape index (κ3) is 5.64. The summed E-state index contributed by atoms with van der Waals surface area (Å²) < 4.78 is 62.4. The highest BCUT2D eigenvalue weighted by Crippen LogP contribution is 2.32. The molecule has 0 saturated heterocycles. The predicted octanol–water partition coefficient (Wildman–Crippen LogP) is 4.02. The highest BCUT2D eigenvalue weighted by atomic mass is 35.5. The van der Waals surface area contributed by atoms with Gasteiger partial charge in [-0.3, -0.25) is 0 Å². The maximum Gasteiger partial charge on any atom is 0.573 e. The Labute approximate surface area is 188 Å². The van der Waals surface area contributed by atoms with Crippen molar-refractivity contribution in [1.82, 2.24) is 14.3 Å². The van der Waals surface area contributed by atoms with Crippen LogP contribution in [-0.4, -0.2) is 37.4 Å². The largest absolute Gasteiger partial charge is 0.573 e. The molecule has 3 rings (SSSR count). The van der Waals surface area contributed by atoms with Gasteiger partial charge in [0.05, 0.1) is 17.3 Å². The van der Waals surface area contributed by atoms with Crippen molar-refractivity contribution < 1.29 is 36.9 Å². The van der Waals surface area contributed by atoms with Gasteiger partial charge in [0.2, 0.25) is 0 Å². The third-order valence-corrected chi connectivity index (χ3v) is 4.63. The van der Waals surface area contributed by atoms with Gasteiger partial charge in [0, 0.05) is 0 Å². The smallest absolute Gasteiger partial charge is 0.478 e. The zero-order valence-corrected chi connectivity index (χ0v) is 17.8. The lowest BCUT2D eigenvalue weighted by atomic mass is 10.1. The number of aliphatic carboxylic acids is 1. The Morgan fingerprint density at radius 3 is 2.33 bits per heavy atom. The number of carbonyl (C=O) groups is 1. The Balaban J connectivity index is 1.82. The minimum absolute atomic E-state index is 0.194. The summed E-state index contributed by atoms with van der Waals surface area (Å²) in [4.78, 5) is 23.8. The minimum atomic E-state index is -4.84. The van der Waals surface area contributed by atoms with Crippen molar-refractivity contribution in [2.45, 2.75) is 32.4 Å². The van der Waals surface area contributed by atoms with E-state index in [2.05, 4.69) is 9.84 Å². The monoisotopic (exact) mass is 489 g/mol. The molecule has 0 aliphatic heterocycles. The van der Waals surface area contributed by atoms with Crippen LogP contribution < -0.4 is 15.2 Å². The fourth-order valence-corrected chi connectivity index (χ4v) is 2.97. The SMILES string of the molecule is CC(C)(Oc1c(F)cc(Cn2ncn(-c3ccc(OC(F)(F)F)cc3)c2=O)cc1Cl)C(=O)O. The minimum Gasteiger partial charge on any atom is -0.478 e. The van der Waals surface area contributed by atoms with Gasteiger partial charge in [-0.05, 0) is 55.8 Å². The number of aromatic nitrogens is 3. The standard InChI is InChI=1S/C20H16ClF4N3O5/c1-19(2,17(29)30)33-16-14(21)7-11(8-15(16)22)9-28-18(31)27(10-26-28)12-3-5-13(6-4-12)32-20(23,24)25/h3-8,10H,9H2,1-2H3,(H,29,30). The van der Waals surface area contributed by atoms with Crippen LogP contribution >= 0.6 is 11.6 Å².